The van der Waals surface area contributed by atoms with Crippen molar-refractivity contribution in [2.45, 2.75) is 13.3 Å². The van der Waals surface area contributed by atoms with Gasteiger partial charge in [-0.15, -0.1) is 0 Å². The van der Waals surface area contributed by atoms with E-state index in [0.29, 0.717) is 10.7 Å². The van der Waals surface area contributed by atoms with E-state index in [0.717, 1.165) is 11.1 Å². The van der Waals surface area contributed by atoms with Gasteiger partial charge < -0.3 is 10.6 Å². The number of thiocarbonyl (C=S) groups is 1. The highest BCUT2D eigenvalue weighted by molar-refractivity contribution is 7.80. The van der Waals surface area contributed by atoms with Gasteiger partial charge in [0.05, 0.1) is 11.3 Å². The minimum atomic E-state index is -0.493. The number of hydrogen-bond acceptors (Lipinski definition) is 4. The van der Waals surface area contributed by atoms with Crippen molar-refractivity contribution >= 4 is 46.2 Å². The van der Waals surface area contributed by atoms with Crippen LogP contribution in [0.4, 0.5) is 11.4 Å². The minimum absolute atomic E-state index is 0.0570. The predicted octanol–water partition coefficient (Wildman–Crippen LogP) is 3.61. The second kappa shape index (κ2) is 7.85. The fourth-order valence-corrected chi connectivity index (χ4v) is 2.32. The Bertz CT molecular complexity index is 794. The third kappa shape index (κ3) is 5.00. The van der Waals surface area contributed by atoms with E-state index in [2.05, 4.69) is 10.6 Å². The lowest BCUT2D eigenvalue weighted by molar-refractivity contribution is -0.384. The van der Waals surface area contributed by atoms with E-state index in [1.807, 2.05) is 0 Å². The standard InChI is InChI=1S/C16H14ClN3O3S/c1-10-2-7-13(20(22)23)9-14(10)18-16(24)19-15(21)8-11-3-5-12(17)6-4-11/h2-7,9H,8H2,1H3,(H2,18,19,21,24). The van der Waals surface area contributed by atoms with Crippen molar-refractivity contribution in [1.29, 1.82) is 0 Å². The third-order valence-electron chi connectivity index (χ3n) is 3.21. The number of rotatable bonds is 4. The molecule has 0 spiro atoms. The number of nitrogens with one attached hydrogen (secondary N) is 2. The molecule has 0 aliphatic heterocycles. The zero-order valence-corrected chi connectivity index (χ0v) is 14.3. The molecule has 0 bridgehead atoms. The highest BCUT2D eigenvalue weighted by Gasteiger charge is 2.11. The summed E-state index contributed by atoms with van der Waals surface area (Å²) in [6.07, 6.45) is 0.146. The lowest BCUT2D eigenvalue weighted by Crippen LogP contribution is -2.35. The molecule has 2 aromatic carbocycles. The van der Waals surface area contributed by atoms with Gasteiger partial charge in [0.25, 0.3) is 5.69 Å². The average molecular weight is 364 g/mol. The number of carbonyl (C=O) groups is 1. The number of non-ortho nitro benzene ring substituents is 1. The van der Waals surface area contributed by atoms with Crippen molar-refractivity contribution in [3.8, 4) is 0 Å². The Kier molecular flexibility index (Phi) is 5.83. The van der Waals surface area contributed by atoms with E-state index < -0.39 is 4.92 Å². The van der Waals surface area contributed by atoms with Gasteiger partial charge in [-0.3, -0.25) is 14.9 Å². The Morgan fingerprint density at radius 3 is 2.54 bits per heavy atom. The highest BCUT2D eigenvalue weighted by atomic mass is 35.5. The van der Waals surface area contributed by atoms with Crippen molar-refractivity contribution in [1.82, 2.24) is 5.32 Å². The molecule has 0 unspecified atom stereocenters. The van der Waals surface area contributed by atoms with Gasteiger partial charge in [-0.2, -0.15) is 0 Å². The summed E-state index contributed by atoms with van der Waals surface area (Å²) in [6, 6.07) is 11.3. The first kappa shape index (κ1) is 17.8. The topological polar surface area (TPSA) is 84.3 Å². The number of anilines is 1. The van der Waals surface area contributed by atoms with Gasteiger partial charge in [0.2, 0.25) is 5.91 Å². The van der Waals surface area contributed by atoms with Gasteiger partial charge in [0, 0.05) is 22.8 Å². The number of hydrogen-bond donors (Lipinski definition) is 2. The molecule has 2 N–H and O–H groups in total. The lowest BCUT2D eigenvalue weighted by Gasteiger charge is -2.11. The molecule has 0 fully saturated rings. The summed E-state index contributed by atoms with van der Waals surface area (Å²) in [5, 5.41) is 16.8. The molecule has 2 rings (SSSR count). The Hall–Kier alpha value is -2.51. The van der Waals surface area contributed by atoms with Gasteiger partial charge in [0.1, 0.15) is 0 Å². The van der Waals surface area contributed by atoms with Crippen LogP contribution in [-0.2, 0) is 11.2 Å². The zero-order valence-electron chi connectivity index (χ0n) is 12.7. The summed E-state index contributed by atoms with van der Waals surface area (Å²) < 4.78 is 0. The maximum absolute atomic E-state index is 12.0. The highest BCUT2D eigenvalue weighted by Crippen LogP contribution is 2.21. The molecule has 0 radical (unpaired) electrons. The van der Waals surface area contributed by atoms with Gasteiger partial charge in [0.15, 0.2) is 5.11 Å². The van der Waals surface area contributed by atoms with Crippen LogP contribution in [0.15, 0.2) is 42.5 Å². The Balaban J connectivity index is 1.97. The summed E-state index contributed by atoms with van der Waals surface area (Å²) in [6.45, 7) is 1.78. The number of carbonyl (C=O) groups excluding carboxylic acids is 1. The van der Waals surface area contributed by atoms with Crippen LogP contribution in [0, 0.1) is 17.0 Å². The molecule has 8 heteroatoms. The Morgan fingerprint density at radius 2 is 1.92 bits per heavy atom. The van der Waals surface area contributed by atoms with Crippen molar-refractivity contribution in [2.75, 3.05) is 5.32 Å². The van der Waals surface area contributed by atoms with Crippen LogP contribution in [-0.4, -0.2) is 15.9 Å². The van der Waals surface area contributed by atoms with Gasteiger partial charge in [-0.25, -0.2) is 0 Å². The maximum Gasteiger partial charge on any atom is 0.271 e. The largest absolute Gasteiger partial charge is 0.332 e. The van der Waals surface area contributed by atoms with Crippen LogP contribution >= 0.6 is 23.8 Å². The van der Waals surface area contributed by atoms with E-state index in [9.17, 15) is 14.9 Å². The Morgan fingerprint density at radius 1 is 1.25 bits per heavy atom. The minimum Gasteiger partial charge on any atom is -0.332 e. The van der Waals surface area contributed by atoms with Crippen molar-refractivity contribution < 1.29 is 9.72 Å². The molecule has 0 aliphatic rings. The fourth-order valence-electron chi connectivity index (χ4n) is 1.97. The lowest BCUT2D eigenvalue weighted by atomic mass is 10.1. The maximum atomic E-state index is 12.0. The van der Waals surface area contributed by atoms with Crippen LogP contribution in [0.25, 0.3) is 0 Å². The number of nitrogens with zero attached hydrogens (tertiary/aromatic N) is 1. The molecule has 0 atom stereocenters. The molecule has 1 amide bonds. The molecule has 124 valence electrons. The number of aryl methyl sites for hydroxylation is 1. The molecule has 0 aliphatic carbocycles. The predicted molar refractivity (Wildman–Crippen MR) is 97.4 cm³/mol. The van der Waals surface area contributed by atoms with E-state index in [1.54, 1.807) is 37.3 Å². The SMILES string of the molecule is Cc1ccc([N+](=O)[O-])cc1NC(=S)NC(=O)Cc1ccc(Cl)cc1. The number of amides is 1. The second-order valence-electron chi connectivity index (χ2n) is 5.06. The van der Waals surface area contributed by atoms with E-state index in [1.165, 1.54) is 12.1 Å². The van der Waals surface area contributed by atoms with Crippen molar-refractivity contribution in [2.24, 2.45) is 0 Å². The molecule has 0 saturated carbocycles. The van der Waals surface area contributed by atoms with Gasteiger partial charge >= 0.3 is 0 Å². The molecule has 24 heavy (non-hydrogen) atoms. The molecule has 0 saturated heterocycles. The van der Waals surface area contributed by atoms with Crippen LogP contribution in [0.1, 0.15) is 11.1 Å². The first-order valence-electron chi connectivity index (χ1n) is 6.95. The van der Waals surface area contributed by atoms with Crippen LogP contribution in [0.3, 0.4) is 0 Å². The average Bonchev–Trinajstić information content (AvgIpc) is 2.51. The number of nitro groups is 1. The summed E-state index contributed by atoms with van der Waals surface area (Å²) in [5.41, 5.74) is 1.99. The molecule has 2 aromatic rings. The van der Waals surface area contributed by atoms with E-state index in [4.69, 9.17) is 23.8 Å². The van der Waals surface area contributed by atoms with Crippen LogP contribution < -0.4 is 10.6 Å². The zero-order chi connectivity index (χ0) is 17.7. The summed E-state index contributed by atoms with van der Waals surface area (Å²) in [7, 11) is 0. The summed E-state index contributed by atoms with van der Waals surface area (Å²) in [5.74, 6) is -0.294. The van der Waals surface area contributed by atoms with E-state index in [-0.39, 0.29) is 23.1 Å². The van der Waals surface area contributed by atoms with Crippen LogP contribution in [0.5, 0.6) is 0 Å². The van der Waals surface area contributed by atoms with E-state index >= 15 is 0 Å². The second-order valence-corrected chi connectivity index (χ2v) is 5.91. The molecule has 6 nitrogen and oxygen atoms in total. The molecule has 0 aromatic heterocycles. The molecule has 0 heterocycles. The quantitative estimate of drug-likeness (QED) is 0.492. The summed E-state index contributed by atoms with van der Waals surface area (Å²) >= 11 is 10.9. The molecular weight excluding hydrogens is 350 g/mol. The first-order chi connectivity index (χ1) is 11.3. The summed E-state index contributed by atoms with van der Waals surface area (Å²) in [4.78, 5) is 22.3. The normalized spacial score (nSPS) is 10.1. The van der Waals surface area contributed by atoms with Crippen molar-refractivity contribution in [3.05, 3.63) is 68.7 Å². The third-order valence-corrected chi connectivity index (χ3v) is 3.67. The van der Waals surface area contributed by atoms with Gasteiger partial charge in [-0.1, -0.05) is 29.8 Å². The van der Waals surface area contributed by atoms with Crippen LogP contribution in [0.2, 0.25) is 5.02 Å². The van der Waals surface area contributed by atoms with Gasteiger partial charge in [-0.05, 0) is 42.4 Å². The first-order valence-corrected chi connectivity index (χ1v) is 7.74. The molecular formula is C16H14ClN3O3S. The Labute approximate surface area is 149 Å². The monoisotopic (exact) mass is 363 g/mol. The smallest absolute Gasteiger partial charge is 0.271 e. The fraction of sp³-hybridized carbons (Fsp3) is 0.125. The number of benzene rings is 2. The number of halogens is 1. The van der Waals surface area contributed by atoms with Crippen molar-refractivity contribution in [3.63, 3.8) is 0 Å². The number of nitro benzene ring substituents is 1.